The summed E-state index contributed by atoms with van der Waals surface area (Å²) in [6.45, 7) is 5.23. The molecular formula is C16H24N2O4. The first-order chi connectivity index (χ1) is 10.7. The van der Waals surface area contributed by atoms with Crippen LogP contribution in [-0.4, -0.2) is 69.0 Å². The standard InChI is InChI=1S/C16H24N2O4/c1-21-12-13-22-15-5-3-2-4-14(15)18-10-8-17(9-11-18)7-6-16(19)20/h2-5H,6-13H2,1H3,(H,19,20). The van der Waals surface area contributed by atoms with E-state index in [0.717, 1.165) is 37.6 Å². The smallest absolute Gasteiger partial charge is 0.304 e. The molecule has 1 saturated heterocycles. The van der Waals surface area contributed by atoms with Gasteiger partial charge in [-0.05, 0) is 12.1 Å². The van der Waals surface area contributed by atoms with Gasteiger partial charge in [-0.25, -0.2) is 0 Å². The van der Waals surface area contributed by atoms with Crippen LogP contribution in [0.3, 0.4) is 0 Å². The number of piperazine rings is 1. The summed E-state index contributed by atoms with van der Waals surface area (Å²) in [6.07, 6.45) is 0.205. The van der Waals surface area contributed by atoms with Gasteiger partial charge < -0.3 is 19.5 Å². The van der Waals surface area contributed by atoms with Crippen molar-refractivity contribution in [1.82, 2.24) is 4.90 Å². The Morgan fingerprint density at radius 2 is 1.91 bits per heavy atom. The van der Waals surface area contributed by atoms with Crippen LogP contribution in [0.5, 0.6) is 5.75 Å². The van der Waals surface area contributed by atoms with Crippen LogP contribution in [0.25, 0.3) is 0 Å². The van der Waals surface area contributed by atoms with E-state index in [1.807, 2.05) is 18.2 Å². The number of hydrogen-bond acceptors (Lipinski definition) is 5. The van der Waals surface area contributed by atoms with Crippen LogP contribution in [0.15, 0.2) is 24.3 Å². The monoisotopic (exact) mass is 308 g/mol. The van der Waals surface area contributed by atoms with Gasteiger partial charge in [-0.15, -0.1) is 0 Å². The fourth-order valence-electron chi connectivity index (χ4n) is 2.54. The molecule has 1 aromatic rings. The maximum Gasteiger partial charge on any atom is 0.304 e. The number of ether oxygens (including phenoxy) is 2. The lowest BCUT2D eigenvalue weighted by Gasteiger charge is -2.36. The molecule has 1 aliphatic heterocycles. The highest BCUT2D eigenvalue weighted by Gasteiger charge is 2.19. The lowest BCUT2D eigenvalue weighted by atomic mass is 10.2. The van der Waals surface area contributed by atoms with Crippen molar-refractivity contribution in [2.45, 2.75) is 6.42 Å². The average Bonchev–Trinajstić information content (AvgIpc) is 2.54. The Balaban J connectivity index is 1.89. The van der Waals surface area contributed by atoms with Crippen LogP contribution in [0.4, 0.5) is 5.69 Å². The largest absolute Gasteiger partial charge is 0.489 e. The number of nitrogens with zero attached hydrogens (tertiary/aromatic N) is 2. The molecule has 0 amide bonds. The number of carbonyl (C=O) groups is 1. The molecule has 0 saturated carbocycles. The zero-order valence-electron chi connectivity index (χ0n) is 13.0. The summed E-state index contributed by atoms with van der Waals surface area (Å²) in [4.78, 5) is 15.1. The quantitative estimate of drug-likeness (QED) is 0.731. The molecule has 6 nitrogen and oxygen atoms in total. The van der Waals surface area contributed by atoms with Crippen molar-refractivity contribution in [3.63, 3.8) is 0 Å². The molecule has 122 valence electrons. The molecule has 0 unspecified atom stereocenters. The van der Waals surface area contributed by atoms with Gasteiger partial charge in [-0.1, -0.05) is 12.1 Å². The summed E-state index contributed by atoms with van der Waals surface area (Å²) >= 11 is 0. The van der Waals surface area contributed by atoms with Crippen LogP contribution in [0, 0.1) is 0 Å². The van der Waals surface area contributed by atoms with E-state index < -0.39 is 5.97 Å². The predicted molar refractivity (Wildman–Crippen MR) is 84.7 cm³/mol. The predicted octanol–water partition coefficient (Wildman–Crippen LogP) is 1.31. The maximum atomic E-state index is 10.6. The molecule has 0 atom stereocenters. The number of carboxylic acid groups (broad SMARTS) is 1. The van der Waals surface area contributed by atoms with Crippen LogP contribution in [0.1, 0.15) is 6.42 Å². The van der Waals surface area contributed by atoms with E-state index in [9.17, 15) is 4.79 Å². The molecule has 0 radical (unpaired) electrons. The minimum Gasteiger partial charge on any atom is -0.489 e. The number of benzene rings is 1. The van der Waals surface area contributed by atoms with E-state index in [0.29, 0.717) is 19.8 Å². The van der Waals surface area contributed by atoms with Crippen molar-refractivity contribution >= 4 is 11.7 Å². The molecular weight excluding hydrogens is 284 g/mol. The number of rotatable bonds is 8. The molecule has 6 heteroatoms. The molecule has 0 spiro atoms. The Labute approximate surface area is 131 Å². The van der Waals surface area contributed by atoms with Gasteiger partial charge in [0.25, 0.3) is 0 Å². The van der Waals surface area contributed by atoms with Gasteiger partial charge in [0.2, 0.25) is 0 Å². The third kappa shape index (κ3) is 4.89. The SMILES string of the molecule is COCCOc1ccccc1N1CCN(CCC(=O)O)CC1. The lowest BCUT2D eigenvalue weighted by Crippen LogP contribution is -2.47. The minimum atomic E-state index is -0.737. The van der Waals surface area contributed by atoms with Gasteiger partial charge in [-0.3, -0.25) is 9.69 Å². The fourth-order valence-corrected chi connectivity index (χ4v) is 2.54. The number of para-hydroxylation sites is 2. The Hall–Kier alpha value is -1.79. The van der Waals surface area contributed by atoms with Crippen molar-refractivity contribution in [3.8, 4) is 5.75 Å². The van der Waals surface area contributed by atoms with Crippen molar-refractivity contribution < 1.29 is 19.4 Å². The van der Waals surface area contributed by atoms with Crippen molar-refractivity contribution in [1.29, 1.82) is 0 Å². The number of aliphatic carboxylic acids is 1. The van der Waals surface area contributed by atoms with Gasteiger partial charge in [0.1, 0.15) is 12.4 Å². The van der Waals surface area contributed by atoms with E-state index in [1.54, 1.807) is 7.11 Å². The van der Waals surface area contributed by atoms with Crippen molar-refractivity contribution in [2.24, 2.45) is 0 Å². The van der Waals surface area contributed by atoms with Crippen LogP contribution >= 0.6 is 0 Å². The van der Waals surface area contributed by atoms with E-state index in [2.05, 4.69) is 15.9 Å². The molecule has 1 heterocycles. The second-order valence-electron chi connectivity index (χ2n) is 5.28. The van der Waals surface area contributed by atoms with Gasteiger partial charge >= 0.3 is 5.97 Å². The Morgan fingerprint density at radius 1 is 1.18 bits per heavy atom. The van der Waals surface area contributed by atoms with Crippen LogP contribution in [0.2, 0.25) is 0 Å². The molecule has 1 aromatic carbocycles. The topological polar surface area (TPSA) is 62.2 Å². The molecule has 0 aliphatic carbocycles. The highest BCUT2D eigenvalue weighted by atomic mass is 16.5. The summed E-state index contributed by atoms with van der Waals surface area (Å²) in [5.41, 5.74) is 1.09. The number of anilines is 1. The zero-order chi connectivity index (χ0) is 15.8. The maximum absolute atomic E-state index is 10.6. The minimum absolute atomic E-state index is 0.205. The highest BCUT2D eigenvalue weighted by Crippen LogP contribution is 2.28. The average molecular weight is 308 g/mol. The van der Waals surface area contributed by atoms with E-state index in [-0.39, 0.29) is 6.42 Å². The van der Waals surface area contributed by atoms with Crippen LogP contribution < -0.4 is 9.64 Å². The van der Waals surface area contributed by atoms with Crippen molar-refractivity contribution in [2.75, 3.05) is 57.9 Å². The second kappa shape index (κ2) is 8.60. The Morgan fingerprint density at radius 3 is 2.59 bits per heavy atom. The summed E-state index contributed by atoms with van der Waals surface area (Å²) in [5.74, 6) is 0.137. The molecule has 0 bridgehead atoms. The highest BCUT2D eigenvalue weighted by molar-refractivity contribution is 5.66. The third-order valence-corrected chi connectivity index (χ3v) is 3.77. The summed E-state index contributed by atoms with van der Waals surface area (Å²) in [5, 5.41) is 8.75. The third-order valence-electron chi connectivity index (χ3n) is 3.77. The summed E-state index contributed by atoms with van der Waals surface area (Å²) in [6, 6.07) is 8.01. The van der Waals surface area contributed by atoms with Gasteiger partial charge in [-0.2, -0.15) is 0 Å². The first kappa shape index (κ1) is 16.6. The second-order valence-corrected chi connectivity index (χ2v) is 5.28. The number of hydrogen-bond donors (Lipinski definition) is 1. The first-order valence-corrected chi connectivity index (χ1v) is 7.60. The molecule has 1 N–H and O–H groups in total. The van der Waals surface area contributed by atoms with Gasteiger partial charge in [0, 0.05) is 39.8 Å². The number of methoxy groups -OCH3 is 1. The molecule has 1 fully saturated rings. The fraction of sp³-hybridized carbons (Fsp3) is 0.562. The van der Waals surface area contributed by atoms with Gasteiger partial charge in [0.05, 0.1) is 18.7 Å². The van der Waals surface area contributed by atoms with E-state index >= 15 is 0 Å². The molecule has 22 heavy (non-hydrogen) atoms. The van der Waals surface area contributed by atoms with Gasteiger partial charge in [0.15, 0.2) is 0 Å². The Bertz CT molecular complexity index is 473. The first-order valence-electron chi connectivity index (χ1n) is 7.60. The Kier molecular flexibility index (Phi) is 6.48. The number of carboxylic acids is 1. The summed E-state index contributed by atoms with van der Waals surface area (Å²) < 4.78 is 10.8. The normalized spacial score (nSPS) is 15.8. The molecule has 2 rings (SSSR count). The lowest BCUT2D eigenvalue weighted by molar-refractivity contribution is -0.137. The van der Waals surface area contributed by atoms with Crippen molar-refractivity contribution in [3.05, 3.63) is 24.3 Å². The summed E-state index contributed by atoms with van der Waals surface area (Å²) in [7, 11) is 1.66. The molecule has 0 aromatic heterocycles. The van der Waals surface area contributed by atoms with E-state index in [4.69, 9.17) is 14.6 Å². The van der Waals surface area contributed by atoms with E-state index in [1.165, 1.54) is 0 Å². The molecule has 1 aliphatic rings. The van der Waals surface area contributed by atoms with Crippen LogP contribution in [-0.2, 0) is 9.53 Å². The zero-order valence-corrected chi connectivity index (χ0v) is 13.0.